The van der Waals surface area contributed by atoms with E-state index < -0.39 is 0 Å². The van der Waals surface area contributed by atoms with Gasteiger partial charge in [-0.3, -0.25) is 9.79 Å². The summed E-state index contributed by atoms with van der Waals surface area (Å²) in [5.41, 5.74) is 3.02. The lowest BCUT2D eigenvalue weighted by Crippen LogP contribution is -2.14. The molecule has 0 saturated heterocycles. The molecule has 2 aromatic carbocycles. The van der Waals surface area contributed by atoms with E-state index in [1.165, 1.54) is 5.56 Å². The van der Waals surface area contributed by atoms with Crippen molar-refractivity contribution in [2.75, 3.05) is 13.2 Å². The van der Waals surface area contributed by atoms with Gasteiger partial charge in [0.15, 0.2) is 0 Å². The van der Waals surface area contributed by atoms with Gasteiger partial charge in [-0.2, -0.15) is 0 Å². The van der Waals surface area contributed by atoms with Gasteiger partial charge in [0.2, 0.25) is 0 Å². The number of aromatic amines is 1. The van der Waals surface area contributed by atoms with Crippen LogP contribution in [-0.4, -0.2) is 40.5 Å². The molecule has 174 valence electrons. The standard InChI is InChI=1S/C26H30N2O4S/c1-5-17(4)31-23-13-20(32-19-9-7-16(3)8-10-19)11-18-12-22(28-25(18)23)26-27-15-21(33-26)14-24(29)30-6-2/h7-13,17,21,28H,5-6,14-15H2,1-4H3. The number of carbonyl (C=O) groups excluding carboxylic acids is 1. The second-order valence-electron chi connectivity index (χ2n) is 8.22. The average molecular weight is 467 g/mol. The first-order valence-corrected chi connectivity index (χ1v) is 12.3. The van der Waals surface area contributed by atoms with E-state index in [4.69, 9.17) is 14.2 Å². The van der Waals surface area contributed by atoms with Gasteiger partial charge in [0, 0.05) is 16.7 Å². The number of H-pyrrole nitrogens is 1. The summed E-state index contributed by atoms with van der Waals surface area (Å²) in [4.78, 5) is 20.0. The molecular weight excluding hydrogens is 436 g/mol. The summed E-state index contributed by atoms with van der Waals surface area (Å²) in [6, 6.07) is 14.0. The minimum Gasteiger partial charge on any atom is -0.488 e. The van der Waals surface area contributed by atoms with Gasteiger partial charge in [0.1, 0.15) is 22.3 Å². The summed E-state index contributed by atoms with van der Waals surface area (Å²) in [6.07, 6.45) is 1.33. The lowest BCUT2D eigenvalue weighted by molar-refractivity contribution is -0.143. The van der Waals surface area contributed by atoms with E-state index in [1.807, 2.05) is 43.3 Å². The van der Waals surface area contributed by atoms with Crippen molar-refractivity contribution >= 4 is 33.7 Å². The van der Waals surface area contributed by atoms with Crippen molar-refractivity contribution in [3.63, 3.8) is 0 Å². The molecule has 0 radical (unpaired) electrons. The molecule has 0 spiro atoms. The Hall–Kier alpha value is -2.93. The van der Waals surface area contributed by atoms with E-state index in [0.29, 0.717) is 19.6 Å². The number of nitrogens with one attached hydrogen (secondary N) is 1. The van der Waals surface area contributed by atoms with Crippen LogP contribution in [0.5, 0.6) is 17.2 Å². The predicted octanol–water partition coefficient (Wildman–Crippen LogP) is 6.26. The minimum absolute atomic E-state index is 0.0710. The normalized spacial score (nSPS) is 16.5. The summed E-state index contributed by atoms with van der Waals surface area (Å²) < 4.78 is 17.5. The SMILES string of the molecule is CCOC(=O)CC1CN=C(c2cc3cc(Oc4ccc(C)cc4)cc(OC(C)CC)c3[nH]2)S1. The van der Waals surface area contributed by atoms with E-state index in [0.717, 1.165) is 45.3 Å². The molecule has 33 heavy (non-hydrogen) atoms. The minimum atomic E-state index is -0.176. The number of aryl methyl sites for hydroxylation is 1. The zero-order valence-corrected chi connectivity index (χ0v) is 20.3. The quantitative estimate of drug-likeness (QED) is 0.377. The Morgan fingerprint density at radius 2 is 1.97 bits per heavy atom. The van der Waals surface area contributed by atoms with Crippen LogP contribution in [0.2, 0.25) is 0 Å². The summed E-state index contributed by atoms with van der Waals surface area (Å²) in [5, 5.41) is 1.99. The highest BCUT2D eigenvalue weighted by atomic mass is 32.2. The largest absolute Gasteiger partial charge is 0.488 e. The van der Waals surface area contributed by atoms with Crippen LogP contribution in [0.1, 0.15) is 44.9 Å². The van der Waals surface area contributed by atoms with Gasteiger partial charge in [-0.05, 0) is 51.5 Å². The molecule has 0 amide bonds. The second kappa shape index (κ2) is 10.3. The lowest BCUT2D eigenvalue weighted by atomic mass is 10.2. The second-order valence-corrected chi connectivity index (χ2v) is 9.50. The highest BCUT2D eigenvalue weighted by molar-refractivity contribution is 8.15. The zero-order valence-electron chi connectivity index (χ0n) is 19.5. The zero-order chi connectivity index (χ0) is 23.4. The molecule has 0 bridgehead atoms. The number of thioether (sulfide) groups is 1. The molecular formula is C26H30N2O4S. The topological polar surface area (TPSA) is 72.9 Å². The van der Waals surface area contributed by atoms with E-state index in [2.05, 4.69) is 36.8 Å². The van der Waals surface area contributed by atoms with Gasteiger partial charge < -0.3 is 19.2 Å². The van der Waals surface area contributed by atoms with Crippen LogP contribution in [0, 0.1) is 6.92 Å². The number of benzene rings is 2. The van der Waals surface area contributed by atoms with E-state index >= 15 is 0 Å². The third-order valence-electron chi connectivity index (χ3n) is 5.47. The van der Waals surface area contributed by atoms with Crippen molar-refractivity contribution in [1.29, 1.82) is 0 Å². The Morgan fingerprint density at radius 1 is 1.18 bits per heavy atom. The highest BCUT2D eigenvalue weighted by Crippen LogP contribution is 2.36. The molecule has 0 aliphatic carbocycles. The summed E-state index contributed by atoms with van der Waals surface area (Å²) >= 11 is 1.61. The molecule has 1 aromatic heterocycles. The van der Waals surface area contributed by atoms with Crippen molar-refractivity contribution in [2.45, 2.75) is 51.9 Å². The maximum Gasteiger partial charge on any atom is 0.306 e. The van der Waals surface area contributed by atoms with Gasteiger partial charge in [-0.1, -0.05) is 36.4 Å². The van der Waals surface area contributed by atoms with E-state index in [1.54, 1.807) is 11.8 Å². The Balaban J connectivity index is 1.60. The smallest absolute Gasteiger partial charge is 0.306 e. The van der Waals surface area contributed by atoms with Crippen molar-refractivity contribution < 1.29 is 19.0 Å². The van der Waals surface area contributed by atoms with Crippen molar-refractivity contribution in [2.24, 2.45) is 4.99 Å². The highest BCUT2D eigenvalue weighted by Gasteiger charge is 2.25. The van der Waals surface area contributed by atoms with E-state index in [9.17, 15) is 4.79 Å². The average Bonchev–Trinajstić information content (AvgIpc) is 3.42. The fourth-order valence-corrected chi connectivity index (χ4v) is 4.64. The third-order valence-corrected chi connectivity index (χ3v) is 6.69. The number of nitrogens with zero attached hydrogens (tertiary/aromatic N) is 1. The van der Waals surface area contributed by atoms with Gasteiger partial charge in [0.05, 0.1) is 36.9 Å². The molecule has 0 saturated carbocycles. The van der Waals surface area contributed by atoms with Crippen LogP contribution >= 0.6 is 11.8 Å². The van der Waals surface area contributed by atoms with Gasteiger partial charge in [0.25, 0.3) is 0 Å². The number of hydrogen-bond acceptors (Lipinski definition) is 6. The summed E-state index contributed by atoms with van der Waals surface area (Å²) in [7, 11) is 0. The first-order chi connectivity index (χ1) is 15.9. The first-order valence-electron chi connectivity index (χ1n) is 11.4. The Labute approximate surface area is 198 Å². The first kappa shape index (κ1) is 23.2. The van der Waals surface area contributed by atoms with Crippen LogP contribution < -0.4 is 9.47 Å². The summed E-state index contributed by atoms with van der Waals surface area (Å²) in [5.74, 6) is 2.08. The number of rotatable bonds is 9. The molecule has 6 nitrogen and oxygen atoms in total. The number of fused-ring (bicyclic) bond motifs is 1. The van der Waals surface area contributed by atoms with Crippen molar-refractivity contribution in [3.05, 3.63) is 53.7 Å². The number of carbonyl (C=O) groups is 1. The summed E-state index contributed by atoms with van der Waals surface area (Å²) in [6.45, 7) is 9.03. The van der Waals surface area contributed by atoms with Crippen LogP contribution in [-0.2, 0) is 9.53 Å². The van der Waals surface area contributed by atoms with Gasteiger partial charge in [-0.25, -0.2) is 0 Å². The van der Waals surface area contributed by atoms with Crippen LogP contribution in [0.3, 0.4) is 0 Å². The fourth-order valence-electron chi connectivity index (χ4n) is 3.57. The fraction of sp³-hybridized carbons (Fsp3) is 0.385. The molecule has 0 fully saturated rings. The lowest BCUT2D eigenvalue weighted by Gasteiger charge is -2.15. The predicted molar refractivity (Wildman–Crippen MR) is 134 cm³/mol. The number of esters is 1. The van der Waals surface area contributed by atoms with Crippen molar-refractivity contribution in [3.8, 4) is 17.2 Å². The molecule has 2 unspecified atom stereocenters. The maximum atomic E-state index is 11.8. The number of hydrogen-bond donors (Lipinski definition) is 1. The van der Waals surface area contributed by atoms with Crippen LogP contribution in [0.25, 0.3) is 10.9 Å². The Kier molecular flexibility index (Phi) is 7.28. The molecule has 3 aromatic rings. The van der Waals surface area contributed by atoms with Crippen LogP contribution in [0.15, 0.2) is 47.5 Å². The molecule has 1 aliphatic heterocycles. The maximum absolute atomic E-state index is 11.8. The van der Waals surface area contributed by atoms with Crippen molar-refractivity contribution in [1.82, 2.24) is 4.98 Å². The Morgan fingerprint density at radius 3 is 2.70 bits per heavy atom. The molecule has 2 heterocycles. The molecule has 2 atom stereocenters. The molecule has 1 aliphatic rings. The number of aliphatic imine (C=N–C) groups is 1. The van der Waals surface area contributed by atoms with Gasteiger partial charge in [-0.15, -0.1) is 0 Å². The number of ether oxygens (including phenoxy) is 3. The Bertz CT molecular complexity index is 1150. The van der Waals surface area contributed by atoms with Crippen LogP contribution in [0.4, 0.5) is 0 Å². The molecule has 1 N–H and O–H groups in total. The molecule has 4 rings (SSSR count). The van der Waals surface area contributed by atoms with Gasteiger partial charge >= 0.3 is 5.97 Å². The van der Waals surface area contributed by atoms with E-state index in [-0.39, 0.29) is 17.3 Å². The third kappa shape index (κ3) is 5.71. The monoisotopic (exact) mass is 466 g/mol. The molecule has 7 heteroatoms. The number of aromatic nitrogens is 1.